The first kappa shape index (κ1) is 14.5. The summed E-state index contributed by atoms with van der Waals surface area (Å²) >= 11 is 0. The Labute approximate surface area is 106 Å². The van der Waals surface area contributed by atoms with E-state index in [2.05, 4.69) is 4.72 Å². The zero-order valence-corrected chi connectivity index (χ0v) is 11.3. The van der Waals surface area contributed by atoms with Gasteiger partial charge in [-0.25, -0.2) is 13.1 Å². The Hall–Kier alpha value is -1.60. The smallest absolute Gasteiger partial charge is 0.248 e. The van der Waals surface area contributed by atoms with E-state index in [1.807, 2.05) is 0 Å². The number of hydrogen-bond donors (Lipinski definition) is 3. The topological polar surface area (TPSA) is 115 Å². The van der Waals surface area contributed by atoms with Gasteiger partial charge < -0.3 is 11.5 Å². The molecule has 0 spiro atoms. The summed E-state index contributed by atoms with van der Waals surface area (Å²) in [4.78, 5) is 10.9. The first-order valence-corrected chi connectivity index (χ1v) is 6.74. The number of benzene rings is 1. The minimum Gasteiger partial charge on any atom is -0.398 e. The van der Waals surface area contributed by atoms with E-state index in [9.17, 15) is 13.2 Å². The Bertz CT molecular complexity index is 574. The Balaban J connectivity index is 3.23. The predicted octanol–water partition coefficient (Wildman–Crippen LogP) is 0.444. The van der Waals surface area contributed by atoms with Crippen LogP contribution in [0.4, 0.5) is 5.69 Å². The second-order valence-electron chi connectivity index (χ2n) is 4.97. The van der Waals surface area contributed by atoms with Crippen LogP contribution in [0, 0.1) is 0 Å². The first-order valence-electron chi connectivity index (χ1n) is 5.26. The number of rotatable bonds is 3. The molecular weight excluding hydrogens is 254 g/mol. The average molecular weight is 271 g/mol. The SMILES string of the molecule is CC(C)(C)NS(=O)(=O)c1ccc(C(N)=O)cc1N. The number of carbonyl (C=O) groups excluding carboxylic acids is 1. The molecule has 0 bridgehead atoms. The zero-order valence-electron chi connectivity index (χ0n) is 10.5. The summed E-state index contributed by atoms with van der Waals surface area (Å²) in [6.45, 7) is 5.16. The molecule has 5 N–H and O–H groups in total. The number of nitrogens with two attached hydrogens (primary N) is 2. The van der Waals surface area contributed by atoms with E-state index >= 15 is 0 Å². The van der Waals surface area contributed by atoms with Crippen LogP contribution in [0.3, 0.4) is 0 Å². The summed E-state index contributed by atoms with van der Waals surface area (Å²) in [6.07, 6.45) is 0. The normalized spacial score (nSPS) is 12.4. The van der Waals surface area contributed by atoms with E-state index in [1.165, 1.54) is 18.2 Å². The molecule has 0 saturated carbocycles. The monoisotopic (exact) mass is 271 g/mol. The molecule has 0 unspecified atom stereocenters. The van der Waals surface area contributed by atoms with Crippen molar-refractivity contribution < 1.29 is 13.2 Å². The number of hydrogen-bond acceptors (Lipinski definition) is 4. The molecule has 0 atom stereocenters. The first-order chi connectivity index (χ1) is 8.03. The van der Waals surface area contributed by atoms with Gasteiger partial charge in [0.25, 0.3) is 0 Å². The van der Waals surface area contributed by atoms with Gasteiger partial charge in [-0.1, -0.05) is 0 Å². The van der Waals surface area contributed by atoms with E-state index in [0.29, 0.717) is 0 Å². The van der Waals surface area contributed by atoms with E-state index in [4.69, 9.17) is 11.5 Å². The van der Waals surface area contributed by atoms with Gasteiger partial charge in [0.1, 0.15) is 4.90 Å². The standard InChI is InChI=1S/C11H17N3O3S/c1-11(2,3)14-18(16,17)9-5-4-7(10(13)15)6-8(9)12/h4-6,14H,12H2,1-3H3,(H2,13,15). The quantitative estimate of drug-likeness (QED) is 0.692. The highest BCUT2D eigenvalue weighted by Gasteiger charge is 2.24. The van der Waals surface area contributed by atoms with Gasteiger partial charge in [-0.2, -0.15) is 0 Å². The maximum absolute atomic E-state index is 12.0. The number of primary amides is 1. The Morgan fingerprint density at radius 3 is 2.22 bits per heavy atom. The van der Waals surface area contributed by atoms with Crippen molar-refractivity contribution in [3.05, 3.63) is 23.8 Å². The van der Waals surface area contributed by atoms with Crippen molar-refractivity contribution in [2.75, 3.05) is 5.73 Å². The van der Waals surface area contributed by atoms with Gasteiger partial charge in [-0.05, 0) is 39.0 Å². The number of sulfonamides is 1. The molecule has 0 radical (unpaired) electrons. The number of nitrogen functional groups attached to an aromatic ring is 1. The molecule has 18 heavy (non-hydrogen) atoms. The third-order valence-corrected chi connectivity index (χ3v) is 3.86. The molecule has 0 saturated heterocycles. The fraction of sp³-hybridized carbons (Fsp3) is 0.364. The minimum atomic E-state index is -3.72. The summed E-state index contributed by atoms with van der Waals surface area (Å²) in [5, 5.41) is 0. The number of anilines is 1. The molecule has 0 aliphatic carbocycles. The molecule has 0 fully saturated rings. The van der Waals surface area contributed by atoms with Crippen molar-refractivity contribution in [1.29, 1.82) is 0 Å². The summed E-state index contributed by atoms with van der Waals surface area (Å²) in [5.41, 5.74) is 10.3. The molecule has 1 aromatic carbocycles. The van der Waals surface area contributed by atoms with Gasteiger partial charge in [0.05, 0.1) is 5.69 Å². The van der Waals surface area contributed by atoms with Crippen LogP contribution in [0.1, 0.15) is 31.1 Å². The lowest BCUT2D eigenvalue weighted by Gasteiger charge is -2.21. The van der Waals surface area contributed by atoms with Crippen LogP contribution >= 0.6 is 0 Å². The second-order valence-corrected chi connectivity index (χ2v) is 6.62. The average Bonchev–Trinajstić information content (AvgIpc) is 2.12. The fourth-order valence-corrected chi connectivity index (χ4v) is 2.94. The van der Waals surface area contributed by atoms with Gasteiger partial charge in [-0.15, -0.1) is 0 Å². The van der Waals surface area contributed by atoms with Gasteiger partial charge in [0.2, 0.25) is 15.9 Å². The Morgan fingerprint density at radius 2 is 1.83 bits per heavy atom. The lowest BCUT2D eigenvalue weighted by Crippen LogP contribution is -2.40. The molecule has 1 amide bonds. The van der Waals surface area contributed by atoms with Crippen molar-refractivity contribution in [2.45, 2.75) is 31.2 Å². The van der Waals surface area contributed by atoms with Crippen molar-refractivity contribution in [3.63, 3.8) is 0 Å². The van der Waals surface area contributed by atoms with E-state index < -0.39 is 21.5 Å². The lowest BCUT2D eigenvalue weighted by molar-refractivity contribution is 0.1000. The summed E-state index contributed by atoms with van der Waals surface area (Å²) < 4.78 is 26.6. The van der Waals surface area contributed by atoms with Crippen LogP contribution in [-0.4, -0.2) is 19.9 Å². The fourth-order valence-electron chi connectivity index (χ4n) is 1.40. The van der Waals surface area contributed by atoms with Gasteiger partial charge >= 0.3 is 0 Å². The minimum absolute atomic E-state index is 0.0111. The van der Waals surface area contributed by atoms with Crippen LogP contribution < -0.4 is 16.2 Å². The van der Waals surface area contributed by atoms with Gasteiger partial charge in [0, 0.05) is 11.1 Å². The molecule has 1 aromatic rings. The van der Waals surface area contributed by atoms with Crippen molar-refractivity contribution in [2.24, 2.45) is 5.73 Å². The number of amides is 1. The third-order valence-electron chi connectivity index (χ3n) is 2.02. The molecule has 0 aliphatic rings. The molecular formula is C11H17N3O3S. The number of nitrogens with one attached hydrogen (secondary N) is 1. The summed E-state index contributed by atoms with van der Waals surface area (Å²) in [7, 11) is -3.72. The predicted molar refractivity (Wildman–Crippen MR) is 69.4 cm³/mol. The molecule has 0 aliphatic heterocycles. The third kappa shape index (κ3) is 3.44. The van der Waals surface area contributed by atoms with E-state index in [0.717, 1.165) is 0 Å². The van der Waals surface area contributed by atoms with Crippen LogP contribution in [0.5, 0.6) is 0 Å². The molecule has 6 nitrogen and oxygen atoms in total. The van der Waals surface area contributed by atoms with E-state index in [1.54, 1.807) is 20.8 Å². The molecule has 1 rings (SSSR count). The zero-order chi connectivity index (χ0) is 14.1. The largest absolute Gasteiger partial charge is 0.398 e. The number of carbonyl (C=O) groups is 1. The molecule has 100 valence electrons. The van der Waals surface area contributed by atoms with Crippen molar-refractivity contribution in [3.8, 4) is 0 Å². The van der Waals surface area contributed by atoms with Crippen LogP contribution in [0.15, 0.2) is 23.1 Å². The highest BCUT2D eigenvalue weighted by molar-refractivity contribution is 7.89. The molecule has 7 heteroatoms. The summed E-state index contributed by atoms with van der Waals surface area (Å²) in [5.74, 6) is -0.658. The van der Waals surface area contributed by atoms with Gasteiger partial charge in [0.15, 0.2) is 0 Å². The highest BCUT2D eigenvalue weighted by atomic mass is 32.2. The van der Waals surface area contributed by atoms with Crippen molar-refractivity contribution >= 4 is 21.6 Å². The van der Waals surface area contributed by atoms with Gasteiger partial charge in [-0.3, -0.25) is 4.79 Å². The van der Waals surface area contributed by atoms with Crippen molar-refractivity contribution in [1.82, 2.24) is 4.72 Å². The summed E-state index contributed by atoms with van der Waals surface area (Å²) in [6, 6.07) is 3.85. The Morgan fingerprint density at radius 1 is 1.28 bits per heavy atom. The van der Waals surface area contributed by atoms with Crippen LogP contribution in [-0.2, 0) is 10.0 Å². The molecule has 0 heterocycles. The molecule has 0 aromatic heterocycles. The lowest BCUT2D eigenvalue weighted by atomic mass is 10.1. The maximum Gasteiger partial charge on any atom is 0.248 e. The van der Waals surface area contributed by atoms with E-state index in [-0.39, 0.29) is 16.1 Å². The second kappa shape index (κ2) is 4.58. The van der Waals surface area contributed by atoms with Crippen LogP contribution in [0.2, 0.25) is 0 Å². The Kier molecular flexibility index (Phi) is 3.68. The highest BCUT2D eigenvalue weighted by Crippen LogP contribution is 2.21. The van der Waals surface area contributed by atoms with Crippen LogP contribution in [0.25, 0.3) is 0 Å². The maximum atomic E-state index is 12.0.